The molecule has 0 aromatic heterocycles. The van der Waals surface area contributed by atoms with Crippen molar-refractivity contribution in [3.8, 4) is 0 Å². The van der Waals surface area contributed by atoms with Crippen molar-refractivity contribution in [1.82, 2.24) is 15.5 Å². The van der Waals surface area contributed by atoms with Crippen LogP contribution in [-0.4, -0.2) is 69.5 Å². The van der Waals surface area contributed by atoms with Gasteiger partial charge in [-0.3, -0.25) is 4.79 Å². The molecule has 1 saturated heterocycles. The number of carbonyl (C=O) groups excluding carboxylic acids is 1. The molecule has 1 unspecified atom stereocenters. The van der Waals surface area contributed by atoms with E-state index in [0.29, 0.717) is 13.1 Å². The van der Waals surface area contributed by atoms with Gasteiger partial charge in [0.25, 0.3) is 0 Å². The number of amides is 1. The Bertz CT molecular complexity index is 380. The Kier molecular flexibility index (Phi) is 6.74. The lowest BCUT2D eigenvalue weighted by atomic mass is 10.2. The highest BCUT2D eigenvalue weighted by Gasteiger charge is 2.25. The summed E-state index contributed by atoms with van der Waals surface area (Å²) in [5.74, 6) is 0.158. The van der Waals surface area contributed by atoms with Crippen LogP contribution >= 0.6 is 0 Å². The number of likely N-dealkylation sites (N-methyl/N-ethyl adjacent to an activating group) is 1. The van der Waals surface area contributed by atoms with Crippen molar-refractivity contribution in [3.05, 3.63) is 0 Å². The SMILES string of the molecule is CCN(CC)CCNC(=O)CC1CS(=O)(=O)CCN1. The molecule has 0 radical (unpaired) electrons. The molecule has 0 aromatic rings. The van der Waals surface area contributed by atoms with Crippen molar-refractivity contribution in [2.45, 2.75) is 26.3 Å². The molecule has 1 atom stereocenters. The molecule has 0 saturated carbocycles. The van der Waals surface area contributed by atoms with Crippen LogP contribution in [0.2, 0.25) is 0 Å². The number of nitrogens with one attached hydrogen (secondary N) is 2. The molecular weight excluding hydrogens is 266 g/mol. The molecule has 6 nitrogen and oxygen atoms in total. The summed E-state index contributed by atoms with van der Waals surface area (Å²) in [6, 6.07) is -0.243. The van der Waals surface area contributed by atoms with Gasteiger partial charge < -0.3 is 15.5 Å². The number of hydrogen-bond donors (Lipinski definition) is 2. The fourth-order valence-corrected chi connectivity index (χ4v) is 3.63. The van der Waals surface area contributed by atoms with E-state index in [1.54, 1.807) is 0 Å². The van der Waals surface area contributed by atoms with Crippen LogP contribution in [-0.2, 0) is 14.6 Å². The molecule has 0 bridgehead atoms. The predicted octanol–water partition coefficient (Wildman–Crippen LogP) is -0.779. The molecule has 1 aliphatic heterocycles. The van der Waals surface area contributed by atoms with Gasteiger partial charge in [0, 0.05) is 32.1 Å². The lowest BCUT2D eigenvalue weighted by molar-refractivity contribution is -0.121. The summed E-state index contributed by atoms with van der Waals surface area (Å²) in [5, 5.41) is 5.92. The Hall–Kier alpha value is -0.660. The minimum Gasteiger partial charge on any atom is -0.355 e. The Morgan fingerprint density at radius 1 is 1.37 bits per heavy atom. The number of carbonyl (C=O) groups is 1. The molecule has 0 aromatic carbocycles. The Balaban J connectivity index is 2.24. The van der Waals surface area contributed by atoms with Gasteiger partial charge in [-0.15, -0.1) is 0 Å². The molecule has 1 fully saturated rings. The summed E-state index contributed by atoms with van der Waals surface area (Å²) < 4.78 is 22.9. The summed E-state index contributed by atoms with van der Waals surface area (Å²) in [7, 11) is -2.97. The molecule has 7 heteroatoms. The normalized spacial score (nSPS) is 22.4. The molecule has 1 amide bonds. The molecule has 2 N–H and O–H groups in total. The van der Waals surface area contributed by atoms with E-state index in [0.717, 1.165) is 19.6 Å². The van der Waals surface area contributed by atoms with Crippen molar-refractivity contribution in [1.29, 1.82) is 0 Å². The molecule has 1 heterocycles. The first-order valence-corrected chi connectivity index (χ1v) is 8.71. The second kappa shape index (κ2) is 7.81. The Labute approximate surface area is 115 Å². The van der Waals surface area contributed by atoms with Crippen LogP contribution in [0, 0.1) is 0 Å². The summed E-state index contributed by atoms with van der Waals surface area (Å²) in [4.78, 5) is 13.9. The average molecular weight is 291 g/mol. The number of hydrogen-bond acceptors (Lipinski definition) is 5. The maximum atomic E-state index is 11.7. The lowest BCUT2D eigenvalue weighted by Crippen LogP contribution is -2.47. The van der Waals surface area contributed by atoms with Gasteiger partial charge in [-0.05, 0) is 13.1 Å². The third-order valence-electron chi connectivity index (χ3n) is 3.38. The number of sulfone groups is 1. The van der Waals surface area contributed by atoms with Crippen molar-refractivity contribution in [3.63, 3.8) is 0 Å². The molecule has 1 rings (SSSR count). The van der Waals surface area contributed by atoms with E-state index in [2.05, 4.69) is 29.4 Å². The molecule has 1 aliphatic rings. The smallest absolute Gasteiger partial charge is 0.221 e. The van der Waals surface area contributed by atoms with Gasteiger partial charge in [0.15, 0.2) is 9.84 Å². The maximum Gasteiger partial charge on any atom is 0.221 e. The minimum absolute atomic E-state index is 0.0659. The highest BCUT2D eigenvalue weighted by molar-refractivity contribution is 7.91. The van der Waals surface area contributed by atoms with Crippen molar-refractivity contribution >= 4 is 15.7 Å². The van der Waals surface area contributed by atoms with Gasteiger partial charge in [-0.2, -0.15) is 0 Å². The largest absolute Gasteiger partial charge is 0.355 e. The second-order valence-corrected chi connectivity index (χ2v) is 7.08. The monoisotopic (exact) mass is 291 g/mol. The van der Waals surface area contributed by atoms with Crippen LogP contribution in [0.4, 0.5) is 0 Å². The van der Waals surface area contributed by atoms with Gasteiger partial charge in [0.05, 0.1) is 11.5 Å². The molecule has 0 aliphatic carbocycles. The topological polar surface area (TPSA) is 78.5 Å². The third-order valence-corrected chi connectivity index (χ3v) is 5.11. The predicted molar refractivity (Wildman–Crippen MR) is 75.9 cm³/mol. The van der Waals surface area contributed by atoms with Crippen LogP contribution in [0.5, 0.6) is 0 Å². The fourth-order valence-electron chi connectivity index (χ4n) is 2.19. The zero-order valence-electron chi connectivity index (χ0n) is 11.8. The Morgan fingerprint density at radius 3 is 2.63 bits per heavy atom. The second-order valence-electron chi connectivity index (χ2n) is 4.85. The average Bonchev–Trinajstić information content (AvgIpc) is 2.33. The van der Waals surface area contributed by atoms with Crippen LogP contribution in [0.25, 0.3) is 0 Å². The molecule has 0 spiro atoms. The van der Waals surface area contributed by atoms with E-state index in [1.165, 1.54) is 0 Å². The third kappa shape index (κ3) is 6.35. The highest BCUT2D eigenvalue weighted by Crippen LogP contribution is 2.04. The lowest BCUT2D eigenvalue weighted by Gasteiger charge is -2.23. The van der Waals surface area contributed by atoms with E-state index in [4.69, 9.17) is 0 Å². The van der Waals surface area contributed by atoms with E-state index in [-0.39, 0.29) is 29.9 Å². The van der Waals surface area contributed by atoms with Crippen LogP contribution in [0.15, 0.2) is 0 Å². The van der Waals surface area contributed by atoms with Crippen LogP contribution < -0.4 is 10.6 Å². The highest BCUT2D eigenvalue weighted by atomic mass is 32.2. The first-order chi connectivity index (χ1) is 8.96. The quantitative estimate of drug-likeness (QED) is 0.643. The zero-order chi connectivity index (χ0) is 14.3. The van der Waals surface area contributed by atoms with E-state index < -0.39 is 9.84 Å². The summed E-state index contributed by atoms with van der Waals surface area (Å²) in [5.41, 5.74) is 0. The van der Waals surface area contributed by atoms with Gasteiger partial charge >= 0.3 is 0 Å². The van der Waals surface area contributed by atoms with Crippen LogP contribution in [0.3, 0.4) is 0 Å². The van der Waals surface area contributed by atoms with Gasteiger partial charge in [0.2, 0.25) is 5.91 Å². The van der Waals surface area contributed by atoms with E-state index >= 15 is 0 Å². The molecule has 112 valence electrons. The van der Waals surface area contributed by atoms with Crippen LogP contribution in [0.1, 0.15) is 20.3 Å². The molecule has 19 heavy (non-hydrogen) atoms. The Morgan fingerprint density at radius 2 is 2.05 bits per heavy atom. The first-order valence-electron chi connectivity index (χ1n) is 6.89. The number of nitrogens with zero attached hydrogens (tertiary/aromatic N) is 1. The zero-order valence-corrected chi connectivity index (χ0v) is 12.6. The van der Waals surface area contributed by atoms with Crippen molar-refractivity contribution in [2.24, 2.45) is 0 Å². The summed E-state index contributed by atoms with van der Waals surface area (Å²) in [6.07, 6.45) is 0.234. The number of rotatable bonds is 7. The van der Waals surface area contributed by atoms with E-state index in [1.807, 2.05) is 0 Å². The van der Waals surface area contributed by atoms with E-state index in [9.17, 15) is 13.2 Å². The first kappa shape index (κ1) is 16.4. The van der Waals surface area contributed by atoms with Crippen molar-refractivity contribution < 1.29 is 13.2 Å². The maximum absolute atomic E-state index is 11.7. The van der Waals surface area contributed by atoms with Gasteiger partial charge in [-0.1, -0.05) is 13.8 Å². The van der Waals surface area contributed by atoms with Crippen molar-refractivity contribution in [2.75, 3.05) is 44.2 Å². The fraction of sp³-hybridized carbons (Fsp3) is 0.917. The minimum atomic E-state index is -2.97. The summed E-state index contributed by atoms with van der Waals surface area (Å²) >= 11 is 0. The molecular formula is C12H25N3O3S. The van der Waals surface area contributed by atoms with Gasteiger partial charge in [0.1, 0.15) is 0 Å². The standard InChI is InChI=1S/C12H25N3O3S/c1-3-15(4-2)7-5-14-12(16)9-11-10-19(17,18)8-6-13-11/h11,13H,3-10H2,1-2H3,(H,14,16). The van der Waals surface area contributed by atoms with Gasteiger partial charge in [-0.25, -0.2) is 8.42 Å². The summed E-state index contributed by atoms with van der Waals surface area (Å²) in [6.45, 7) is 7.99.